The van der Waals surface area contributed by atoms with Crippen molar-refractivity contribution in [3.8, 4) is 17.3 Å². The van der Waals surface area contributed by atoms with Crippen molar-refractivity contribution in [2.24, 2.45) is 0 Å². The summed E-state index contributed by atoms with van der Waals surface area (Å²) in [5.41, 5.74) is 3.52. The second kappa shape index (κ2) is 6.77. The molecule has 0 spiro atoms. The van der Waals surface area contributed by atoms with E-state index in [0.717, 1.165) is 26.7 Å². The van der Waals surface area contributed by atoms with Crippen molar-refractivity contribution in [2.75, 3.05) is 11.6 Å². The lowest BCUT2D eigenvalue weighted by Crippen LogP contribution is -2.00. The highest BCUT2D eigenvalue weighted by Gasteiger charge is 2.18. The van der Waals surface area contributed by atoms with Crippen LogP contribution in [0.1, 0.15) is 10.4 Å². The van der Waals surface area contributed by atoms with Crippen molar-refractivity contribution in [2.45, 2.75) is 11.1 Å². The van der Waals surface area contributed by atoms with E-state index in [4.69, 9.17) is 0 Å². The lowest BCUT2D eigenvalue weighted by molar-refractivity contribution is 0.981. The van der Waals surface area contributed by atoms with Gasteiger partial charge in [0.05, 0.1) is 16.1 Å². The van der Waals surface area contributed by atoms with Gasteiger partial charge in [-0.1, -0.05) is 18.2 Å². The van der Waals surface area contributed by atoms with Gasteiger partial charge in [0.25, 0.3) is 0 Å². The van der Waals surface area contributed by atoms with Crippen molar-refractivity contribution in [1.29, 1.82) is 5.26 Å². The molecule has 0 aliphatic carbocycles. The maximum atomic E-state index is 9.24. The van der Waals surface area contributed by atoms with Gasteiger partial charge in [0.2, 0.25) is 5.95 Å². The zero-order chi connectivity index (χ0) is 16.2. The van der Waals surface area contributed by atoms with Crippen LogP contribution in [0.25, 0.3) is 11.3 Å². The lowest BCUT2D eigenvalue weighted by atomic mass is 10.1. The summed E-state index contributed by atoms with van der Waals surface area (Å²) < 4.78 is 1.06. The summed E-state index contributed by atoms with van der Waals surface area (Å²) in [6.45, 7) is 1.94. The van der Waals surface area contributed by atoms with Crippen LogP contribution in [0.15, 0.2) is 40.7 Å². The molecule has 1 aromatic carbocycles. The van der Waals surface area contributed by atoms with Gasteiger partial charge in [-0.25, -0.2) is 4.98 Å². The molecule has 23 heavy (non-hydrogen) atoms. The fourth-order valence-corrected chi connectivity index (χ4v) is 4.05. The lowest BCUT2D eigenvalue weighted by Gasteiger charge is -2.06. The van der Waals surface area contributed by atoms with E-state index in [0.29, 0.717) is 10.8 Å². The number of rotatable bonds is 4. The first kappa shape index (κ1) is 15.5. The highest BCUT2D eigenvalue weighted by atomic mass is 32.2. The second-order valence-corrected chi connectivity index (χ2v) is 6.79. The summed E-state index contributed by atoms with van der Waals surface area (Å²) in [6.07, 6.45) is 3.62. The summed E-state index contributed by atoms with van der Waals surface area (Å²) in [6, 6.07) is 11.9. The molecule has 0 aliphatic rings. The van der Waals surface area contributed by atoms with Crippen LogP contribution in [-0.2, 0) is 0 Å². The molecule has 0 unspecified atom stereocenters. The van der Waals surface area contributed by atoms with E-state index in [-0.39, 0.29) is 0 Å². The SMILES string of the molecule is CSc1sc(C#N)c(C)c1-c1cnnc(Nc2ccccc2)n1. The van der Waals surface area contributed by atoms with E-state index in [1.807, 2.05) is 43.5 Å². The van der Waals surface area contributed by atoms with Crippen LogP contribution in [-0.4, -0.2) is 21.4 Å². The molecule has 0 aliphatic heterocycles. The van der Waals surface area contributed by atoms with Gasteiger partial charge in [-0.05, 0) is 30.9 Å². The molecule has 0 radical (unpaired) electrons. The molecular weight excluding hydrogens is 326 g/mol. The van der Waals surface area contributed by atoms with E-state index in [1.165, 1.54) is 11.3 Å². The van der Waals surface area contributed by atoms with Crippen LogP contribution < -0.4 is 5.32 Å². The Hall–Kier alpha value is -2.43. The number of thioether (sulfide) groups is 1. The molecule has 2 heterocycles. The minimum atomic E-state index is 0.435. The maximum Gasteiger partial charge on any atom is 0.247 e. The molecule has 114 valence electrons. The zero-order valence-corrected chi connectivity index (χ0v) is 14.2. The molecule has 0 bridgehead atoms. The Morgan fingerprint density at radius 1 is 1.26 bits per heavy atom. The predicted molar refractivity (Wildman–Crippen MR) is 94.1 cm³/mol. The first-order valence-corrected chi connectivity index (χ1v) is 8.86. The fraction of sp³-hybridized carbons (Fsp3) is 0.125. The van der Waals surface area contributed by atoms with E-state index in [1.54, 1.807) is 18.0 Å². The largest absolute Gasteiger partial charge is 0.323 e. The summed E-state index contributed by atoms with van der Waals surface area (Å²) in [4.78, 5) is 5.26. The Bertz CT molecular complexity index is 868. The van der Waals surface area contributed by atoms with E-state index >= 15 is 0 Å². The first-order chi connectivity index (χ1) is 11.2. The average Bonchev–Trinajstić information content (AvgIpc) is 2.92. The van der Waals surface area contributed by atoms with Crippen molar-refractivity contribution in [1.82, 2.24) is 15.2 Å². The summed E-state index contributed by atoms with van der Waals surface area (Å²) in [7, 11) is 0. The van der Waals surface area contributed by atoms with Crippen LogP contribution in [0, 0.1) is 18.3 Å². The van der Waals surface area contributed by atoms with Crippen LogP contribution in [0.5, 0.6) is 0 Å². The Kier molecular flexibility index (Phi) is 4.55. The van der Waals surface area contributed by atoms with Gasteiger partial charge in [-0.2, -0.15) is 10.4 Å². The molecule has 0 saturated heterocycles. The van der Waals surface area contributed by atoms with E-state index < -0.39 is 0 Å². The number of hydrogen-bond acceptors (Lipinski definition) is 7. The highest BCUT2D eigenvalue weighted by molar-refractivity contribution is 8.00. The number of para-hydroxylation sites is 1. The molecule has 0 fully saturated rings. The molecule has 1 N–H and O–H groups in total. The smallest absolute Gasteiger partial charge is 0.247 e. The van der Waals surface area contributed by atoms with Crippen molar-refractivity contribution in [3.05, 3.63) is 47.0 Å². The van der Waals surface area contributed by atoms with E-state index in [2.05, 4.69) is 26.6 Å². The maximum absolute atomic E-state index is 9.24. The fourth-order valence-electron chi connectivity index (χ4n) is 2.16. The van der Waals surface area contributed by atoms with Crippen molar-refractivity contribution < 1.29 is 0 Å². The number of nitriles is 1. The Morgan fingerprint density at radius 2 is 2.04 bits per heavy atom. The first-order valence-electron chi connectivity index (χ1n) is 6.82. The van der Waals surface area contributed by atoms with Gasteiger partial charge in [0.15, 0.2) is 0 Å². The number of nitrogens with zero attached hydrogens (tertiary/aromatic N) is 4. The Labute approximate surface area is 142 Å². The monoisotopic (exact) mass is 339 g/mol. The van der Waals surface area contributed by atoms with Crippen LogP contribution >= 0.6 is 23.1 Å². The van der Waals surface area contributed by atoms with Crippen molar-refractivity contribution >= 4 is 34.7 Å². The zero-order valence-electron chi connectivity index (χ0n) is 12.6. The highest BCUT2D eigenvalue weighted by Crippen LogP contribution is 2.40. The van der Waals surface area contributed by atoms with Gasteiger partial charge >= 0.3 is 0 Å². The van der Waals surface area contributed by atoms with Gasteiger partial charge in [0.1, 0.15) is 10.9 Å². The molecule has 0 saturated carbocycles. The quantitative estimate of drug-likeness (QED) is 0.716. The number of anilines is 2. The van der Waals surface area contributed by atoms with Crippen LogP contribution in [0.3, 0.4) is 0 Å². The Balaban J connectivity index is 2.01. The van der Waals surface area contributed by atoms with E-state index in [9.17, 15) is 5.26 Å². The summed E-state index contributed by atoms with van der Waals surface area (Å²) >= 11 is 3.09. The number of nitrogens with one attached hydrogen (secondary N) is 1. The molecule has 5 nitrogen and oxygen atoms in total. The molecule has 0 amide bonds. The second-order valence-electron chi connectivity index (χ2n) is 4.69. The van der Waals surface area contributed by atoms with Gasteiger partial charge < -0.3 is 5.32 Å². The standard InChI is InChI=1S/C16H13N5S2/c1-10-13(8-17)23-15(22-2)14(10)12-9-18-21-16(20-12)19-11-6-4-3-5-7-11/h3-7,9H,1-2H3,(H,19,20,21). The predicted octanol–water partition coefficient (Wildman–Crippen LogP) is 4.25. The minimum absolute atomic E-state index is 0.435. The topological polar surface area (TPSA) is 74.5 Å². The number of aromatic nitrogens is 3. The number of hydrogen-bond donors (Lipinski definition) is 1. The van der Waals surface area contributed by atoms with Crippen LogP contribution in [0.2, 0.25) is 0 Å². The molecule has 0 atom stereocenters. The molecule has 3 rings (SSSR count). The third-order valence-corrected chi connectivity index (χ3v) is 5.56. The normalized spacial score (nSPS) is 10.3. The van der Waals surface area contributed by atoms with Crippen LogP contribution in [0.4, 0.5) is 11.6 Å². The van der Waals surface area contributed by atoms with Gasteiger partial charge in [-0.15, -0.1) is 28.2 Å². The van der Waals surface area contributed by atoms with Gasteiger partial charge in [0, 0.05) is 11.3 Å². The van der Waals surface area contributed by atoms with Crippen molar-refractivity contribution in [3.63, 3.8) is 0 Å². The Morgan fingerprint density at radius 3 is 2.74 bits per heavy atom. The third-order valence-electron chi connectivity index (χ3n) is 3.25. The number of benzene rings is 1. The number of thiophene rings is 1. The molecule has 2 aromatic heterocycles. The average molecular weight is 339 g/mol. The summed E-state index contributed by atoms with van der Waals surface area (Å²) in [5, 5.41) is 20.5. The third kappa shape index (κ3) is 3.18. The molecule has 3 aromatic rings. The molecular formula is C16H13N5S2. The molecule has 7 heteroatoms. The summed E-state index contributed by atoms with van der Waals surface area (Å²) in [5.74, 6) is 0.435. The minimum Gasteiger partial charge on any atom is -0.323 e. The van der Waals surface area contributed by atoms with Gasteiger partial charge in [-0.3, -0.25) is 0 Å².